The molecule has 4 aliphatic heterocycles. The SMILES string of the molecule is C#Cc1cccc2cc(O)cc(-c3ncc4c(N5CC6CNCC65)nc(OCC56CCCN5CCC6)nc4c3F)c12. The highest BCUT2D eigenvalue weighted by molar-refractivity contribution is 6.02. The number of nitrogens with one attached hydrogen (secondary N) is 1. The minimum atomic E-state index is -0.585. The number of aromatic hydroxyl groups is 1. The number of anilines is 1. The van der Waals surface area contributed by atoms with Crippen LogP contribution >= 0.6 is 0 Å². The first-order valence-corrected chi connectivity index (χ1v) is 14.5. The van der Waals surface area contributed by atoms with Gasteiger partial charge in [0.15, 0.2) is 5.82 Å². The van der Waals surface area contributed by atoms with E-state index in [2.05, 4.69) is 31.0 Å². The maximum absolute atomic E-state index is 16.6. The second kappa shape index (κ2) is 9.26. The Morgan fingerprint density at radius 1 is 1.17 bits per heavy atom. The zero-order chi connectivity index (χ0) is 27.7. The first-order valence-electron chi connectivity index (χ1n) is 14.5. The number of pyridine rings is 1. The van der Waals surface area contributed by atoms with Gasteiger partial charge in [-0.15, -0.1) is 6.42 Å². The fourth-order valence-corrected chi connectivity index (χ4v) is 7.64. The van der Waals surface area contributed by atoms with Crippen molar-refractivity contribution >= 4 is 27.5 Å². The van der Waals surface area contributed by atoms with Gasteiger partial charge in [-0.3, -0.25) is 9.88 Å². The molecular weight excluding hydrogens is 519 g/mol. The Hall–Kier alpha value is -4.00. The lowest BCUT2D eigenvalue weighted by molar-refractivity contribution is 0.107. The van der Waals surface area contributed by atoms with Gasteiger partial charge in [0.05, 0.1) is 10.9 Å². The summed E-state index contributed by atoms with van der Waals surface area (Å²) in [7, 11) is 0. The molecule has 0 bridgehead atoms. The number of phenols is 1. The lowest BCUT2D eigenvalue weighted by Gasteiger charge is -2.45. The standard InChI is InChI=1S/C32H31FN6O2/c1-2-19-6-3-7-20-12-22(40)13-23(26(19)20)28-27(33)29-24(15-35-28)30(39-17-21-14-34-16-25(21)39)37-31(36-29)41-18-32-8-4-10-38(32)11-5-9-32/h1,3,6-7,12-13,15,21,25,34,40H,4-5,8-11,14,16-18H2. The van der Waals surface area contributed by atoms with E-state index in [-0.39, 0.29) is 28.5 Å². The molecule has 41 heavy (non-hydrogen) atoms. The number of fused-ring (bicyclic) bond motifs is 4. The molecule has 0 aliphatic carbocycles. The molecule has 9 heteroatoms. The fourth-order valence-electron chi connectivity index (χ4n) is 7.64. The average Bonchev–Trinajstić information content (AvgIpc) is 3.66. The summed E-state index contributed by atoms with van der Waals surface area (Å²) >= 11 is 0. The molecule has 8 rings (SSSR count). The molecule has 4 aliphatic rings. The molecule has 208 valence electrons. The van der Waals surface area contributed by atoms with Crippen LogP contribution in [0.25, 0.3) is 32.9 Å². The topological polar surface area (TPSA) is 86.6 Å². The third-order valence-corrected chi connectivity index (χ3v) is 9.70. The van der Waals surface area contributed by atoms with Crippen LogP contribution in [0.2, 0.25) is 0 Å². The first kappa shape index (κ1) is 24.8. The average molecular weight is 551 g/mol. The van der Waals surface area contributed by atoms with E-state index in [4.69, 9.17) is 16.1 Å². The van der Waals surface area contributed by atoms with Crippen molar-refractivity contribution in [1.29, 1.82) is 0 Å². The van der Waals surface area contributed by atoms with E-state index < -0.39 is 5.82 Å². The summed E-state index contributed by atoms with van der Waals surface area (Å²) < 4.78 is 23.0. The van der Waals surface area contributed by atoms with E-state index in [9.17, 15) is 5.11 Å². The predicted molar refractivity (Wildman–Crippen MR) is 156 cm³/mol. The van der Waals surface area contributed by atoms with Crippen LogP contribution in [-0.4, -0.2) is 75.9 Å². The molecule has 2 unspecified atom stereocenters. The van der Waals surface area contributed by atoms with E-state index >= 15 is 4.39 Å². The normalized spacial score (nSPS) is 23.0. The largest absolute Gasteiger partial charge is 0.508 e. The highest BCUT2D eigenvalue weighted by Crippen LogP contribution is 2.42. The quantitative estimate of drug-likeness (QED) is 0.360. The fraction of sp³-hybridized carbons (Fsp3) is 0.406. The van der Waals surface area contributed by atoms with Crippen LogP contribution in [0.4, 0.5) is 10.2 Å². The summed E-state index contributed by atoms with van der Waals surface area (Å²) in [6, 6.07) is 9.09. The van der Waals surface area contributed by atoms with Crippen molar-refractivity contribution in [2.75, 3.05) is 44.2 Å². The maximum atomic E-state index is 16.6. The van der Waals surface area contributed by atoms with Crippen LogP contribution in [0.15, 0.2) is 36.5 Å². The van der Waals surface area contributed by atoms with E-state index in [0.717, 1.165) is 58.4 Å². The second-order valence-corrected chi connectivity index (χ2v) is 11.9. The molecule has 8 nitrogen and oxygen atoms in total. The Bertz CT molecular complexity index is 1740. The van der Waals surface area contributed by atoms with Gasteiger partial charge in [-0.05, 0) is 62.4 Å². The van der Waals surface area contributed by atoms with Crippen molar-refractivity contribution in [3.63, 3.8) is 0 Å². The number of nitrogens with zero attached hydrogens (tertiary/aromatic N) is 5. The lowest BCUT2D eigenvalue weighted by Crippen LogP contribution is -2.56. The van der Waals surface area contributed by atoms with Crippen LogP contribution in [-0.2, 0) is 0 Å². The number of aromatic nitrogens is 3. The van der Waals surface area contributed by atoms with Crippen LogP contribution in [0.5, 0.6) is 11.8 Å². The first-order chi connectivity index (χ1) is 20.0. The van der Waals surface area contributed by atoms with Crippen molar-refractivity contribution < 1.29 is 14.2 Å². The van der Waals surface area contributed by atoms with Crippen molar-refractivity contribution in [3.8, 4) is 35.4 Å². The Morgan fingerprint density at radius 2 is 2.02 bits per heavy atom. The second-order valence-electron chi connectivity index (χ2n) is 11.9. The van der Waals surface area contributed by atoms with E-state index in [0.29, 0.717) is 51.7 Å². The molecule has 2 aromatic carbocycles. The number of terminal acetylenes is 1. The molecule has 0 amide bonds. The number of ether oxygens (including phenoxy) is 1. The van der Waals surface area contributed by atoms with Gasteiger partial charge in [-0.1, -0.05) is 18.1 Å². The van der Waals surface area contributed by atoms with Gasteiger partial charge >= 0.3 is 6.01 Å². The third-order valence-electron chi connectivity index (χ3n) is 9.70. The van der Waals surface area contributed by atoms with Crippen molar-refractivity contribution in [2.24, 2.45) is 5.92 Å². The Labute approximate surface area is 237 Å². The predicted octanol–water partition coefficient (Wildman–Crippen LogP) is 4.09. The minimum absolute atomic E-state index is 0.00709. The van der Waals surface area contributed by atoms with Crippen LogP contribution in [0.1, 0.15) is 31.2 Å². The number of halogens is 1. The van der Waals surface area contributed by atoms with Crippen molar-refractivity contribution in [1.82, 2.24) is 25.2 Å². The number of hydrogen-bond donors (Lipinski definition) is 2. The molecule has 2 N–H and O–H groups in total. The van der Waals surface area contributed by atoms with Gasteiger partial charge in [-0.2, -0.15) is 9.97 Å². The molecule has 4 fully saturated rings. The van der Waals surface area contributed by atoms with Gasteiger partial charge < -0.3 is 20.1 Å². The maximum Gasteiger partial charge on any atom is 0.319 e. The monoisotopic (exact) mass is 550 g/mol. The summed E-state index contributed by atoms with van der Waals surface area (Å²) in [6.45, 7) is 5.37. The van der Waals surface area contributed by atoms with Gasteiger partial charge in [0.2, 0.25) is 0 Å². The summed E-state index contributed by atoms with van der Waals surface area (Å²) in [5.41, 5.74) is 1.28. The minimum Gasteiger partial charge on any atom is -0.508 e. The molecule has 4 aromatic rings. The number of benzene rings is 2. The summed E-state index contributed by atoms with van der Waals surface area (Å²) in [4.78, 5) is 18.8. The summed E-state index contributed by atoms with van der Waals surface area (Å²) in [6.07, 6.45) is 12.0. The van der Waals surface area contributed by atoms with Gasteiger partial charge in [0, 0.05) is 54.3 Å². The molecule has 6 heterocycles. The highest BCUT2D eigenvalue weighted by atomic mass is 19.1. The lowest BCUT2D eigenvalue weighted by atomic mass is 9.91. The molecule has 4 saturated heterocycles. The zero-order valence-corrected chi connectivity index (χ0v) is 22.7. The molecule has 0 saturated carbocycles. The number of hydrogen-bond acceptors (Lipinski definition) is 8. The zero-order valence-electron chi connectivity index (χ0n) is 22.7. The van der Waals surface area contributed by atoms with Crippen molar-refractivity contribution in [2.45, 2.75) is 37.3 Å². The van der Waals surface area contributed by atoms with E-state index in [1.165, 1.54) is 6.07 Å². The highest BCUT2D eigenvalue weighted by Gasteiger charge is 2.46. The summed E-state index contributed by atoms with van der Waals surface area (Å²) in [5, 5.41) is 15.9. The Balaban J connectivity index is 1.27. The molecular formula is C32H31FN6O2. The van der Waals surface area contributed by atoms with E-state index in [1.54, 1.807) is 18.3 Å². The van der Waals surface area contributed by atoms with Crippen LogP contribution < -0.4 is 15.0 Å². The number of rotatable bonds is 5. The number of phenolic OH excluding ortho intramolecular Hbond substituents is 1. The van der Waals surface area contributed by atoms with Gasteiger partial charge in [0.25, 0.3) is 0 Å². The molecule has 2 aromatic heterocycles. The molecule has 0 spiro atoms. The van der Waals surface area contributed by atoms with Crippen LogP contribution in [0.3, 0.4) is 0 Å². The molecule has 2 atom stereocenters. The third kappa shape index (κ3) is 3.77. The van der Waals surface area contributed by atoms with Crippen molar-refractivity contribution in [3.05, 3.63) is 47.9 Å². The van der Waals surface area contributed by atoms with Gasteiger partial charge in [-0.25, -0.2) is 4.39 Å². The van der Waals surface area contributed by atoms with E-state index in [1.807, 2.05) is 12.1 Å². The van der Waals surface area contributed by atoms with Gasteiger partial charge in [0.1, 0.15) is 29.4 Å². The Kier molecular flexibility index (Phi) is 5.60. The molecule has 0 radical (unpaired) electrons. The summed E-state index contributed by atoms with van der Waals surface area (Å²) in [5.74, 6) is 3.32. The Morgan fingerprint density at radius 3 is 2.83 bits per heavy atom. The van der Waals surface area contributed by atoms with Crippen LogP contribution in [0, 0.1) is 24.1 Å². The smallest absolute Gasteiger partial charge is 0.319 e.